The molecule has 0 spiro atoms. The van der Waals surface area contributed by atoms with E-state index in [0.29, 0.717) is 37.2 Å². The molecule has 2 aliphatic rings. The van der Waals surface area contributed by atoms with Crippen LogP contribution >= 0.6 is 0 Å². The Balaban J connectivity index is 1.61. The zero-order valence-corrected chi connectivity index (χ0v) is 12.4. The summed E-state index contributed by atoms with van der Waals surface area (Å²) in [4.78, 5) is 12.3. The fourth-order valence-electron chi connectivity index (χ4n) is 3.14. The van der Waals surface area contributed by atoms with Gasteiger partial charge in [0.25, 0.3) is 5.91 Å². The fourth-order valence-corrected chi connectivity index (χ4v) is 3.14. The molecule has 0 aromatic heterocycles. The molecule has 1 aromatic rings. The van der Waals surface area contributed by atoms with Crippen LogP contribution in [0.1, 0.15) is 60.9 Å². The largest absolute Gasteiger partial charge is 0.349 e. The number of amides is 1. The Kier molecular flexibility index (Phi) is 3.74. The maximum Gasteiger partial charge on any atom is 0.251 e. The van der Waals surface area contributed by atoms with Crippen molar-refractivity contribution < 1.29 is 9.18 Å². The van der Waals surface area contributed by atoms with Gasteiger partial charge in [0, 0.05) is 23.6 Å². The molecule has 2 fully saturated rings. The van der Waals surface area contributed by atoms with E-state index in [2.05, 4.69) is 5.32 Å². The summed E-state index contributed by atoms with van der Waals surface area (Å²) in [5, 5.41) is 3.03. The van der Waals surface area contributed by atoms with Crippen LogP contribution in [0.4, 0.5) is 4.39 Å². The van der Waals surface area contributed by atoms with E-state index in [4.69, 9.17) is 5.73 Å². The summed E-state index contributed by atoms with van der Waals surface area (Å²) in [5.74, 6) is 0.346. The highest BCUT2D eigenvalue weighted by Crippen LogP contribution is 2.39. The van der Waals surface area contributed by atoms with Crippen LogP contribution in [0.3, 0.4) is 0 Å². The monoisotopic (exact) mass is 290 g/mol. The predicted molar refractivity (Wildman–Crippen MR) is 81.0 cm³/mol. The van der Waals surface area contributed by atoms with Crippen LogP contribution in [-0.4, -0.2) is 23.7 Å². The van der Waals surface area contributed by atoms with Gasteiger partial charge in [-0.3, -0.25) is 4.79 Å². The van der Waals surface area contributed by atoms with Crippen LogP contribution in [-0.2, 0) is 0 Å². The number of alkyl halides is 1. The topological polar surface area (TPSA) is 55.1 Å². The van der Waals surface area contributed by atoms with Crippen molar-refractivity contribution in [2.24, 2.45) is 5.73 Å². The van der Waals surface area contributed by atoms with Gasteiger partial charge in [-0.05, 0) is 56.7 Å². The first-order valence-corrected chi connectivity index (χ1v) is 7.80. The summed E-state index contributed by atoms with van der Waals surface area (Å²) in [7, 11) is 0. The molecule has 1 amide bonds. The van der Waals surface area contributed by atoms with Crippen LogP contribution in [0, 0.1) is 0 Å². The number of halogens is 1. The first kappa shape index (κ1) is 14.5. The van der Waals surface area contributed by atoms with Crippen LogP contribution in [0.15, 0.2) is 24.3 Å². The Morgan fingerprint density at radius 2 is 2.05 bits per heavy atom. The molecule has 2 atom stereocenters. The average Bonchev–Trinajstić information content (AvgIpc) is 3.18. The third kappa shape index (κ3) is 3.43. The van der Waals surface area contributed by atoms with Crippen molar-refractivity contribution in [1.29, 1.82) is 0 Å². The van der Waals surface area contributed by atoms with Gasteiger partial charge in [0.1, 0.15) is 5.67 Å². The molecular formula is C17H23FN2O. The van der Waals surface area contributed by atoms with Crippen molar-refractivity contribution in [2.45, 2.75) is 62.7 Å². The lowest BCUT2D eigenvalue weighted by atomic mass is 9.85. The third-order valence-corrected chi connectivity index (χ3v) is 4.78. The van der Waals surface area contributed by atoms with E-state index >= 15 is 0 Å². The average molecular weight is 290 g/mol. The summed E-state index contributed by atoms with van der Waals surface area (Å²) in [6, 6.07) is 8.04. The van der Waals surface area contributed by atoms with Gasteiger partial charge in [0.2, 0.25) is 0 Å². The molecule has 2 unspecified atom stereocenters. The molecule has 0 aliphatic heterocycles. The van der Waals surface area contributed by atoms with E-state index in [1.165, 1.54) is 0 Å². The van der Waals surface area contributed by atoms with Gasteiger partial charge in [0.15, 0.2) is 0 Å². The Morgan fingerprint density at radius 1 is 1.38 bits per heavy atom. The van der Waals surface area contributed by atoms with Crippen molar-refractivity contribution in [3.05, 3.63) is 35.4 Å². The first-order chi connectivity index (χ1) is 9.94. The zero-order valence-electron chi connectivity index (χ0n) is 12.4. The Morgan fingerprint density at radius 3 is 2.67 bits per heavy atom. The second-order valence-corrected chi connectivity index (χ2v) is 6.79. The number of rotatable bonds is 3. The first-order valence-electron chi connectivity index (χ1n) is 7.80. The third-order valence-electron chi connectivity index (χ3n) is 4.78. The molecule has 3 N–H and O–H groups in total. The minimum atomic E-state index is -1.07. The second kappa shape index (κ2) is 5.41. The maximum absolute atomic E-state index is 13.8. The minimum Gasteiger partial charge on any atom is -0.349 e. The highest BCUT2D eigenvalue weighted by Gasteiger charge is 2.35. The molecule has 0 heterocycles. The van der Waals surface area contributed by atoms with Gasteiger partial charge in [-0.25, -0.2) is 4.39 Å². The summed E-state index contributed by atoms with van der Waals surface area (Å²) < 4.78 is 13.8. The van der Waals surface area contributed by atoms with Crippen molar-refractivity contribution in [2.75, 3.05) is 0 Å². The number of nitrogens with two attached hydrogens (primary N) is 1. The lowest BCUT2D eigenvalue weighted by Gasteiger charge is -2.31. The lowest BCUT2D eigenvalue weighted by molar-refractivity contribution is 0.0850. The lowest BCUT2D eigenvalue weighted by Crippen LogP contribution is -2.40. The number of benzene rings is 1. The molecule has 4 heteroatoms. The Labute approximate surface area is 125 Å². The van der Waals surface area contributed by atoms with Crippen LogP contribution in [0.25, 0.3) is 0 Å². The van der Waals surface area contributed by atoms with Crippen molar-refractivity contribution in [1.82, 2.24) is 5.32 Å². The van der Waals surface area contributed by atoms with E-state index in [-0.39, 0.29) is 18.0 Å². The molecule has 0 bridgehead atoms. The van der Waals surface area contributed by atoms with Crippen LogP contribution in [0.2, 0.25) is 0 Å². The van der Waals surface area contributed by atoms with Crippen molar-refractivity contribution in [3.8, 4) is 0 Å². The van der Waals surface area contributed by atoms with Gasteiger partial charge in [-0.2, -0.15) is 0 Å². The van der Waals surface area contributed by atoms with E-state index < -0.39 is 5.67 Å². The quantitative estimate of drug-likeness (QED) is 0.899. The number of hydrogen-bond donors (Lipinski definition) is 2. The number of carbonyl (C=O) groups excluding carboxylic acids is 1. The zero-order chi connectivity index (χ0) is 15.0. The Bertz CT molecular complexity index is 533. The van der Waals surface area contributed by atoms with Gasteiger partial charge < -0.3 is 11.1 Å². The fraction of sp³-hybridized carbons (Fsp3) is 0.588. The standard InChI is InChI=1S/C17H23FN2O/c1-17(18)7-5-13(6-8-17)20-16(21)12-4-2-3-11(9-12)14-10-15(14)19/h2-4,9,13-15H,5-8,10,19H2,1H3,(H,20,21). The van der Waals surface area contributed by atoms with E-state index in [0.717, 1.165) is 12.0 Å². The number of nitrogens with one attached hydrogen (secondary N) is 1. The predicted octanol–water partition coefficient (Wildman–Crippen LogP) is 2.90. The SMILES string of the molecule is CC1(F)CCC(NC(=O)c2cccc(C3CC3N)c2)CC1. The van der Waals surface area contributed by atoms with E-state index in [1.54, 1.807) is 6.92 Å². The van der Waals surface area contributed by atoms with Crippen LogP contribution < -0.4 is 11.1 Å². The molecule has 21 heavy (non-hydrogen) atoms. The smallest absolute Gasteiger partial charge is 0.251 e. The molecule has 3 rings (SSSR count). The molecule has 2 saturated carbocycles. The maximum atomic E-state index is 13.8. The highest BCUT2D eigenvalue weighted by atomic mass is 19.1. The molecule has 0 saturated heterocycles. The van der Waals surface area contributed by atoms with E-state index in [9.17, 15) is 9.18 Å². The molecular weight excluding hydrogens is 267 g/mol. The molecule has 3 nitrogen and oxygen atoms in total. The van der Waals surface area contributed by atoms with Crippen LogP contribution in [0.5, 0.6) is 0 Å². The highest BCUT2D eigenvalue weighted by molar-refractivity contribution is 5.94. The molecule has 1 aromatic carbocycles. The number of hydrogen-bond acceptors (Lipinski definition) is 2. The normalized spacial score (nSPS) is 35.3. The summed E-state index contributed by atoms with van der Waals surface area (Å²) in [6.07, 6.45) is 3.48. The van der Waals surface area contributed by atoms with Gasteiger partial charge in [-0.15, -0.1) is 0 Å². The van der Waals surface area contributed by atoms with Gasteiger partial charge in [0.05, 0.1) is 0 Å². The number of carbonyl (C=O) groups is 1. The summed E-state index contributed by atoms with van der Waals surface area (Å²) in [6.45, 7) is 1.65. The van der Waals surface area contributed by atoms with Gasteiger partial charge >= 0.3 is 0 Å². The van der Waals surface area contributed by atoms with Gasteiger partial charge in [-0.1, -0.05) is 12.1 Å². The van der Waals surface area contributed by atoms with E-state index in [1.807, 2.05) is 24.3 Å². The molecule has 0 radical (unpaired) electrons. The summed E-state index contributed by atoms with van der Waals surface area (Å²) >= 11 is 0. The molecule has 114 valence electrons. The van der Waals surface area contributed by atoms with Crippen molar-refractivity contribution in [3.63, 3.8) is 0 Å². The Hall–Kier alpha value is -1.42. The molecule has 2 aliphatic carbocycles. The second-order valence-electron chi connectivity index (χ2n) is 6.79. The summed E-state index contributed by atoms with van der Waals surface area (Å²) in [5.41, 5.74) is 6.63. The minimum absolute atomic E-state index is 0.0569. The van der Waals surface area contributed by atoms with Crippen molar-refractivity contribution >= 4 is 5.91 Å².